The Morgan fingerprint density at radius 1 is 1.61 bits per heavy atom. The number of phenolic OH excluding ortho intramolecular Hbond substituents is 1. The number of rotatable bonds is 5. The van der Waals surface area contributed by atoms with Crippen molar-refractivity contribution in [3.63, 3.8) is 0 Å². The number of ether oxygens (including phenoxy) is 1. The van der Waals surface area contributed by atoms with Crippen LogP contribution in [-0.4, -0.2) is 34.0 Å². The van der Waals surface area contributed by atoms with Crippen molar-refractivity contribution in [3.05, 3.63) is 23.8 Å². The maximum Gasteiger partial charge on any atom is 0.127 e. The smallest absolute Gasteiger partial charge is 0.127 e. The van der Waals surface area contributed by atoms with Gasteiger partial charge in [-0.3, -0.25) is 4.21 Å². The lowest BCUT2D eigenvalue weighted by atomic mass is 10.1. The Hall–Kier alpha value is -1.07. The summed E-state index contributed by atoms with van der Waals surface area (Å²) in [6, 6.07) is 5.36. The minimum atomic E-state index is -0.766. The average molecular weight is 269 g/mol. The average Bonchev–Trinajstić information content (AvgIpc) is 2.71. The molecule has 3 unspecified atom stereocenters. The van der Waals surface area contributed by atoms with Gasteiger partial charge in [0.1, 0.15) is 18.1 Å². The van der Waals surface area contributed by atoms with E-state index in [4.69, 9.17) is 4.74 Å². The SMILES string of the molecule is CC(CCNC1COc2cc(O)ccc21)S(C)=O. The van der Waals surface area contributed by atoms with Crippen LogP contribution in [0, 0.1) is 0 Å². The molecular formula is C13H19NO3S. The van der Waals surface area contributed by atoms with Gasteiger partial charge in [-0.15, -0.1) is 0 Å². The molecule has 0 spiro atoms. The molecule has 5 heteroatoms. The van der Waals surface area contributed by atoms with E-state index in [0.717, 1.165) is 24.3 Å². The lowest BCUT2D eigenvalue weighted by molar-refractivity contribution is 0.310. The molecule has 18 heavy (non-hydrogen) atoms. The van der Waals surface area contributed by atoms with Gasteiger partial charge in [0.2, 0.25) is 0 Å². The Bertz CT molecular complexity index is 450. The molecule has 0 amide bonds. The topological polar surface area (TPSA) is 58.6 Å². The van der Waals surface area contributed by atoms with E-state index in [1.807, 2.05) is 13.0 Å². The number of fused-ring (bicyclic) bond motifs is 1. The number of aromatic hydroxyl groups is 1. The fourth-order valence-corrected chi connectivity index (χ4v) is 2.44. The summed E-state index contributed by atoms with van der Waals surface area (Å²) in [4.78, 5) is 0. The highest BCUT2D eigenvalue weighted by Crippen LogP contribution is 2.34. The molecule has 1 aliphatic heterocycles. The third-order valence-corrected chi connectivity index (χ3v) is 4.66. The summed E-state index contributed by atoms with van der Waals surface area (Å²) in [5.41, 5.74) is 1.08. The normalized spacial score (nSPS) is 21.1. The molecule has 0 saturated heterocycles. The van der Waals surface area contributed by atoms with Crippen LogP contribution in [0.25, 0.3) is 0 Å². The molecule has 2 N–H and O–H groups in total. The molecule has 1 aliphatic rings. The van der Waals surface area contributed by atoms with Gasteiger partial charge < -0.3 is 15.2 Å². The van der Waals surface area contributed by atoms with Crippen LogP contribution in [-0.2, 0) is 10.8 Å². The molecule has 0 fully saturated rings. The summed E-state index contributed by atoms with van der Waals surface area (Å²) >= 11 is 0. The van der Waals surface area contributed by atoms with Gasteiger partial charge in [-0.2, -0.15) is 0 Å². The lowest BCUT2D eigenvalue weighted by Crippen LogP contribution is -2.26. The van der Waals surface area contributed by atoms with Crippen LogP contribution >= 0.6 is 0 Å². The summed E-state index contributed by atoms with van der Waals surface area (Å²) in [7, 11) is -0.766. The van der Waals surface area contributed by atoms with Crippen LogP contribution in [0.1, 0.15) is 24.9 Å². The lowest BCUT2D eigenvalue weighted by Gasteiger charge is -2.13. The van der Waals surface area contributed by atoms with Crippen molar-refractivity contribution in [2.45, 2.75) is 24.6 Å². The second-order valence-electron chi connectivity index (χ2n) is 4.64. The van der Waals surface area contributed by atoms with E-state index < -0.39 is 10.8 Å². The van der Waals surface area contributed by atoms with E-state index in [0.29, 0.717) is 6.61 Å². The van der Waals surface area contributed by atoms with Crippen molar-refractivity contribution in [2.75, 3.05) is 19.4 Å². The van der Waals surface area contributed by atoms with E-state index in [2.05, 4.69) is 5.32 Å². The van der Waals surface area contributed by atoms with Gasteiger partial charge in [0.15, 0.2) is 0 Å². The van der Waals surface area contributed by atoms with Gasteiger partial charge in [0, 0.05) is 33.9 Å². The van der Waals surface area contributed by atoms with Gasteiger partial charge in [-0.05, 0) is 25.1 Å². The van der Waals surface area contributed by atoms with Crippen molar-refractivity contribution < 1.29 is 14.1 Å². The maximum absolute atomic E-state index is 11.2. The van der Waals surface area contributed by atoms with Gasteiger partial charge >= 0.3 is 0 Å². The van der Waals surface area contributed by atoms with Gasteiger partial charge in [0.25, 0.3) is 0 Å². The monoisotopic (exact) mass is 269 g/mol. The summed E-state index contributed by atoms with van der Waals surface area (Å²) in [5, 5.41) is 13.0. The van der Waals surface area contributed by atoms with Crippen molar-refractivity contribution in [3.8, 4) is 11.5 Å². The fraction of sp³-hybridized carbons (Fsp3) is 0.538. The van der Waals surface area contributed by atoms with Gasteiger partial charge in [-0.1, -0.05) is 6.92 Å². The molecule has 100 valence electrons. The number of benzene rings is 1. The van der Waals surface area contributed by atoms with Crippen LogP contribution in [0.4, 0.5) is 0 Å². The van der Waals surface area contributed by atoms with E-state index in [1.165, 1.54) is 0 Å². The second-order valence-corrected chi connectivity index (χ2v) is 6.44. The first kappa shape index (κ1) is 13.4. The molecule has 0 aliphatic carbocycles. The Labute approximate surface area is 110 Å². The van der Waals surface area contributed by atoms with Crippen molar-refractivity contribution in [2.24, 2.45) is 0 Å². The Morgan fingerprint density at radius 3 is 3.11 bits per heavy atom. The number of hydrogen-bond donors (Lipinski definition) is 2. The van der Waals surface area contributed by atoms with Gasteiger partial charge in [0.05, 0.1) is 6.04 Å². The van der Waals surface area contributed by atoms with E-state index >= 15 is 0 Å². The number of nitrogens with one attached hydrogen (secondary N) is 1. The zero-order chi connectivity index (χ0) is 13.1. The largest absolute Gasteiger partial charge is 0.508 e. The minimum absolute atomic E-state index is 0.165. The first-order valence-electron chi connectivity index (χ1n) is 6.09. The Kier molecular flexibility index (Phi) is 4.24. The summed E-state index contributed by atoms with van der Waals surface area (Å²) in [6.07, 6.45) is 2.62. The van der Waals surface area contributed by atoms with E-state index in [1.54, 1.807) is 18.4 Å². The first-order valence-corrected chi connectivity index (χ1v) is 7.71. The Balaban J connectivity index is 1.88. The third kappa shape index (κ3) is 3.03. The summed E-state index contributed by atoms with van der Waals surface area (Å²) in [6.45, 7) is 3.40. The van der Waals surface area contributed by atoms with Crippen LogP contribution in [0.2, 0.25) is 0 Å². The molecule has 1 aromatic rings. The molecule has 0 saturated carbocycles. The summed E-state index contributed by atoms with van der Waals surface area (Å²) < 4.78 is 16.8. The predicted octanol–water partition coefficient (Wildman–Crippen LogP) is 1.57. The molecule has 4 nitrogen and oxygen atoms in total. The van der Waals surface area contributed by atoms with E-state index in [9.17, 15) is 9.32 Å². The highest BCUT2D eigenvalue weighted by Gasteiger charge is 2.23. The molecule has 1 aromatic carbocycles. The van der Waals surface area contributed by atoms with Crippen molar-refractivity contribution in [1.29, 1.82) is 0 Å². The minimum Gasteiger partial charge on any atom is -0.508 e. The van der Waals surface area contributed by atoms with Gasteiger partial charge in [-0.25, -0.2) is 0 Å². The molecule has 0 aromatic heterocycles. The fourth-order valence-electron chi connectivity index (χ4n) is 1.99. The highest BCUT2D eigenvalue weighted by atomic mass is 32.2. The standard InChI is InChI=1S/C13H19NO3S/c1-9(18(2)16)5-6-14-12-8-17-13-7-10(15)3-4-11(12)13/h3-4,7,9,12,14-15H,5-6,8H2,1-2H3. The van der Waals surface area contributed by atoms with Crippen LogP contribution < -0.4 is 10.1 Å². The van der Waals surface area contributed by atoms with Crippen LogP contribution in [0.15, 0.2) is 18.2 Å². The highest BCUT2D eigenvalue weighted by molar-refractivity contribution is 7.84. The quantitative estimate of drug-likeness (QED) is 0.852. The molecule has 0 radical (unpaired) electrons. The predicted molar refractivity (Wildman–Crippen MR) is 72.5 cm³/mol. The molecule has 1 heterocycles. The molecule has 0 bridgehead atoms. The zero-order valence-corrected chi connectivity index (χ0v) is 11.5. The number of phenols is 1. The van der Waals surface area contributed by atoms with Crippen molar-refractivity contribution >= 4 is 10.8 Å². The summed E-state index contributed by atoms with van der Waals surface area (Å²) in [5.74, 6) is 0.976. The van der Waals surface area contributed by atoms with Crippen molar-refractivity contribution in [1.82, 2.24) is 5.32 Å². The molecule has 3 atom stereocenters. The second kappa shape index (κ2) is 5.71. The maximum atomic E-state index is 11.2. The number of hydrogen-bond acceptors (Lipinski definition) is 4. The van der Waals surface area contributed by atoms with Crippen LogP contribution in [0.3, 0.4) is 0 Å². The van der Waals surface area contributed by atoms with Crippen LogP contribution in [0.5, 0.6) is 11.5 Å². The first-order chi connectivity index (χ1) is 8.58. The Morgan fingerprint density at radius 2 is 2.39 bits per heavy atom. The molecule has 2 rings (SSSR count). The third-order valence-electron chi connectivity index (χ3n) is 3.29. The zero-order valence-electron chi connectivity index (χ0n) is 10.7. The van der Waals surface area contributed by atoms with E-state index in [-0.39, 0.29) is 17.0 Å². The molecular weight excluding hydrogens is 250 g/mol.